The largest absolute Gasteiger partial charge is 0.361 e. The van der Waals surface area contributed by atoms with Crippen LogP contribution in [0.4, 0.5) is 0 Å². The number of H-pyrrole nitrogens is 1. The number of fused-ring (bicyclic) bond motifs is 1. The molecular weight excluding hydrogens is 364 g/mol. The Balaban J connectivity index is 1.35. The third-order valence-electron chi connectivity index (χ3n) is 6.52. The van der Waals surface area contributed by atoms with Crippen molar-refractivity contribution in [3.8, 4) is 0 Å². The molecule has 0 spiro atoms. The van der Waals surface area contributed by atoms with Crippen LogP contribution in [-0.2, 0) is 11.2 Å². The summed E-state index contributed by atoms with van der Waals surface area (Å²) in [6.45, 7) is 0. The third kappa shape index (κ3) is 2.50. The average Bonchev–Trinajstić information content (AvgIpc) is 2.87. The number of hydrogen-bond acceptors (Lipinski definition) is 1. The molecule has 126 valence electrons. The van der Waals surface area contributed by atoms with Gasteiger partial charge in [-0.25, -0.2) is 0 Å². The lowest BCUT2D eigenvalue weighted by molar-refractivity contribution is -0.126. The Morgan fingerprint density at radius 2 is 1.83 bits per heavy atom. The number of aromatic amines is 1. The van der Waals surface area contributed by atoms with E-state index in [2.05, 4.69) is 38.4 Å². The predicted molar refractivity (Wildman–Crippen MR) is 98.7 cm³/mol. The molecule has 0 aliphatic heterocycles. The van der Waals surface area contributed by atoms with Crippen LogP contribution in [0, 0.1) is 17.8 Å². The first kappa shape index (κ1) is 15.0. The molecule has 1 aromatic carbocycles. The number of carbonyl (C=O) groups is 1. The summed E-state index contributed by atoms with van der Waals surface area (Å²) in [4.78, 5) is 16.1. The minimum absolute atomic E-state index is 0.110. The maximum Gasteiger partial charge on any atom is 0.224 e. The SMILES string of the molecule is O=C(Cc1c[nH]c2ccc(Br)cc12)NC12CC3CC(CC(C3)C1)C2. The van der Waals surface area contributed by atoms with E-state index in [1.165, 1.54) is 38.5 Å². The van der Waals surface area contributed by atoms with Crippen molar-refractivity contribution in [2.45, 2.75) is 50.5 Å². The van der Waals surface area contributed by atoms with Crippen LogP contribution < -0.4 is 5.32 Å². The van der Waals surface area contributed by atoms with E-state index in [1.807, 2.05) is 12.3 Å². The van der Waals surface area contributed by atoms with Gasteiger partial charge < -0.3 is 10.3 Å². The lowest BCUT2D eigenvalue weighted by Crippen LogP contribution is -2.60. The highest BCUT2D eigenvalue weighted by Gasteiger charge is 2.51. The molecule has 4 aliphatic carbocycles. The zero-order valence-electron chi connectivity index (χ0n) is 13.8. The Bertz CT molecular complexity index is 774. The van der Waals surface area contributed by atoms with Crippen LogP contribution >= 0.6 is 15.9 Å². The second-order valence-electron chi connectivity index (χ2n) is 8.43. The van der Waals surface area contributed by atoms with Gasteiger partial charge in [0.2, 0.25) is 5.91 Å². The van der Waals surface area contributed by atoms with Crippen molar-refractivity contribution in [2.75, 3.05) is 0 Å². The molecular formula is C20H23BrN2O. The number of nitrogens with one attached hydrogen (secondary N) is 2. The Labute approximate surface area is 150 Å². The van der Waals surface area contributed by atoms with E-state index in [9.17, 15) is 4.79 Å². The summed E-state index contributed by atoms with van der Waals surface area (Å²) in [7, 11) is 0. The van der Waals surface area contributed by atoms with Crippen molar-refractivity contribution >= 4 is 32.7 Å². The molecule has 4 saturated carbocycles. The molecule has 24 heavy (non-hydrogen) atoms. The second-order valence-corrected chi connectivity index (χ2v) is 9.34. The number of rotatable bonds is 3. The fourth-order valence-corrected chi connectivity index (χ4v) is 6.43. The van der Waals surface area contributed by atoms with Crippen molar-refractivity contribution < 1.29 is 4.79 Å². The smallest absolute Gasteiger partial charge is 0.224 e. The molecule has 0 atom stereocenters. The van der Waals surface area contributed by atoms with E-state index in [-0.39, 0.29) is 11.4 Å². The van der Waals surface area contributed by atoms with Gasteiger partial charge in [-0.05, 0) is 80.0 Å². The quantitative estimate of drug-likeness (QED) is 0.797. The zero-order valence-corrected chi connectivity index (χ0v) is 15.4. The molecule has 0 radical (unpaired) electrons. The monoisotopic (exact) mass is 386 g/mol. The first-order valence-electron chi connectivity index (χ1n) is 9.15. The van der Waals surface area contributed by atoms with E-state index in [1.54, 1.807) is 0 Å². The van der Waals surface area contributed by atoms with Gasteiger partial charge >= 0.3 is 0 Å². The molecule has 2 N–H and O–H groups in total. The summed E-state index contributed by atoms with van der Waals surface area (Å²) in [6.07, 6.45) is 10.3. The topological polar surface area (TPSA) is 44.9 Å². The van der Waals surface area contributed by atoms with Gasteiger partial charge in [0, 0.05) is 27.1 Å². The van der Waals surface area contributed by atoms with Gasteiger partial charge in [0.15, 0.2) is 0 Å². The van der Waals surface area contributed by atoms with Crippen molar-refractivity contribution in [3.63, 3.8) is 0 Å². The molecule has 4 fully saturated rings. The predicted octanol–water partition coefficient (Wildman–Crippen LogP) is 4.56. The normalized spacial score (nSPS) is 34.0. The highest BCUT2D eigenvalue weighted by atomic mass is 79.9. The van der Waals surface area contributed by atoms with E-state index in [4.69, 9.17) is 0 Å². The maximum atomic E-state index is 12.8. The number of benzene rings is 1. The Morgan fingerprint density at radius 1 is 1.17 bits per heavy atom. The third-order valence-corrected chi connectivity index (χ3v) is 7.02. The van der Waals surface area contributed by atoms with Crippen molar-refractivity contribution in [3.05, 3.63) is 34.4 Å². The molecule has 1 heterocycles. The Hall–Kier alpha value is -1.29. The van der Waals surface area contributed by atoms with Crippen LogP contribution in [-0.4, -0.2) is 16.4 Å². The van der Waals surface area contributed by atoms with Crippen molar-refractivity contribution in [2.24, 2.45) is 17.8 Å². The van der Waals surface area contributed by atoms with Gasteiger partial charge in [0.05, 0.1) is 6.42 Å². The lowest BCUT2D eigenvalue weighted by Gasteiger charge is -2.56. The molecule has 1 aromatic heterocycles. The standard InChI is InChI=1S/C20H23BrN2O/c21-16-1-2-18-17(7-16)15(11-22-18)6-19(24)23-20-8-12-3-13(9-20)5-14(4-12)10-20/h1-2,7,11-14,22H,3-6,8-10H2,(H,23,24). The number of aromatic nitrogens is 1. The van der Waals surface area contributed by atoms with Gasteiger partial charge in [-0.3, -0.25) is 4.79 Å². The number of halogens is 1. The van der Waals surface area contributed by atoms with Crippen LogP contribution in [0.1, 0.15) is 44.1 Å². The van der Waals surface area contributed by atoms with Gasteiger partial charge in [-0.2, -0.15) is 0 Å². The summed E-state index contributed by atoms with van der Waals surface area (Å²) < 4.78 is 1.05. The fourth-order valence-electron chi connectivity index (χ4n) is 6.07. The molecule has 4 bridgehead atoms. The van der Waals surface area contributed by atoms with Crippen LogP contribution in [0.25, 0.3) is 10.9 Å². The van der Waals surface area contributed by atoms with E-state index in [0.29, 0.717) is 6.42 Å². The molecule has 2 aromatic rings. The number of hydrogen-bond donors (Lipinski definition) is 2. The van der Waals surface area contributed by atoms with Crippen LogP contribution in [0.15, 0.2) is 28.9 Å². The Kier molecular flexibility index (Phi) is 3.35. The van der Waals surface area contributed by atoms with Crippen LogP contribution in [0.5, 0.6) is 0 Å². The highest BCUT2D eigenvalue weighted by Crippen LogP contribution is 2.55. The van der Waals surface area contributed by atoms with E-state index < -0.39 is 0 Å². The molecule has 4 heteroatoms. The second kappa shape index (κ2) is 5.35. The zero-order chi connectivity index (χ0) is 16.3. The average molecular weight is 387 g/mol. The molecule has 6 rings (SSSR count). The minimum atomic E-state index is 0.110. The van der Waals surface area contributed by atoms with Crippen molar-refractivity contribution in [1.82, 2.24) is 10.3 Å². The summed E-state index contributed by atoms with van der Waals surface area (Å²) in [5.41, 5.74) is 2.29. The number of carbonyl (C=O) groups excluding carboxylic acids is 1. The molecule has 0 unspecified atom stereocenters. The fraction of sp³-hybridized carbons (Fsp3) is 0.550. The molecule has 4 aliphatic rings. The molecule has 3 nitrogen and oxygen atoms in total. The number of amides is 1. The first-order chi connectivity index (χ1) is 11.6. The van der Waals surface area contributed by atoms with Crippen LogP contribution in [0.2, 0.25) is 0 Å². The van der Waals surface area contributed by atoms with Gasteiger partial charge in [-0.1, -0.05) is 15.9 Å². The van der Waals surface area contributed by atoms with Crippen LogP contribution in [0.3, 0.4) is 0 Å². The summed E-state index contributed by atoms with van der Waals surface area (Å²) in [5, 5.41) is 4.62. The van der Waals surface area contributed by atoms with Gasteiger partial charge in [-0.15, -0.1) is 0 Å². The molecule has 1 amide bonds. The van der Waals surface area contributed by atoms with Gasteiger partial charge in [0.25, 0.3) is 0 Å². The summed E-state index contributed by atoms with van der Waals surface area (Å²) >= 11 is 3.53. The van der Waals surface area contributed by atoms with E-state index >= 15 is 0 Å². The maximum absolute atomic E-state index is 12.8. The summed E-state index contributed by atoms with van der Waals surface area (Å²) in [6, 6.07) is 6.18. The summed E-state index contributed by atoms with van der Waals surface area (Å²) in [5.74, 6) is 2.78. The van der Waals surface area contributed by atoms with Crippen molar-refractivity contribution in [1.29, 1.82) is 0 Å². The Morgan fingerprint density at radius 3 is 2.50 bits per heavy atom. The molecule has 0 saturated heterocycles. The highest BCUT2D eigenvalue weighted by molar-refractivity contribution is 9.10. The lowest BCUT2D eigenvalue weighted by atomic mass is 9.53. The minimum Gasteiger partial charge on any atom is -0.361 e. The van der Waals surface area contributed by atoms with E-state index in [0.717, 1.165) is 38.7 Å². The first-order valence-corrected chi connectivity index (χ1v) is 9.94. The van der Waals surface area contributed by atoms with Gasteiger partial charge in [0.1, 0.15) is 0 Å².